The highest BCUT2D eigenvalue weighted by atomic mass is 32.2. The molecule has 0 spiro atoms. The molecule has 0 aromatic carbocycles. The van der Waals surface area contributed by atoms with Gasteiger partial charge >= 0.3 is 0 Å². The Morgan fingerprint density at radius 3 is 3.06 bits per heavy atom. The van der Waals surface area contributed by atoms with Crippen LogP contribution in [-0.4, -0.2) is 38.5 Å². The quantitative estimate of drug-likeness (QED) is 0.827. The first-order valence-corrected chi connectivity index (χ1v) is 7.22. The highest BCUT2D eigenvalue weighted by Crippen LogP contribution is 2.28. The van der Waals surface area contributed by atoms with E-state index in [0.717, 1.165) is 18.7 Å². The third-order valence-electron chi connectivity index (χ3n) is 2.78. The number of oxazole rings is 1. The number of nitrogens with one attached hydrogen (secondary N) is 1. The molecule has 90 valence electrons. The molecule has 2 heterocycles. The van der Waals surface area contributed by atoms with Gasteiger partial charge in [-0.3, -0.25) is 0 Å². The molecule has 0 radical (unpaired) electrons. The Morgan fingerprint density at radius 1 is 1.62 bits per heavy atom. The number of aromatic nitrogens is 1. The number of likely N-dealkylation sites (N-methyl/N-ethyl adjacent to an activating group) is 1. The minimum atomic E-state index is -2.86. The van der Waals surface area contributed by atoms with Gasteiger partial charge in [0.05, 0.1) is 23.1 Å². The molecule has 2 rings (SSSR count). The van der Waals surface area contributed by atoms with E-state index in [0.29, 0.717) is 12.3 Å². The van der Waals surface area contributed by atoms with Crippen LogP contribution in [0.15, 0.2) is 10.7 Å². The zero-order chi connectivity index (χ0) is 11.6. The van der Waals surface area contributed by atoms with Gasteiger partial charge in [0.25, 0.3) is 0 Å². The van der Waals surface area contributed by atoms with E-state index in [1.807, 2.05) is 7.05 Å². The molecule has 1 aliphatic rings. The Bertz CT molecular complexity index is 452. The van der Waals surface area contributed by atoms with E-state index >= 15 is 0 Å². The number of nitrogens with zero attached hydrogens (tertiary/aromatic N) is 1. The Kier molecular flexibility index (Phi) is 3.30. The standard InChI is InChI=1S/C10H16N2O3S/c1-11-4-2-9-6-15-10(12-9)8-3-5-16(13,14)7-8/h6,8,11H,2-5,7H2,1H3. The summed E-state index contributed by atoms with van der Waals surface area (Å²) in [5.74, 6) is 0.964. The predicted molar refractivity (Wildman–Crippen MR) is 60.1 cm³/mol. The van der Waals surface area contributed by atoms with Crippen LogP contribution < -0.4 is 5.32 Å². The Balaban J connectivity index is 2.02. The zero-order valence-corrected chi connectivity index (χ0v) is 10.1. The molecule has 1 fully saturated rings. The molecule has 0 saturated carbocycles. The number of hydrogen-bond acceptors (Lipinski definition) is 5. The van der Waals surface area contributed by atoms with Crippen molar-refractivity contribution >= 4 is 9.84 Å². The van der Waals surface area contributed by atoms with Crippen LogP contribution in [0.25, 0.3) is 0 Å². The van der Waals surface area contributed by atoms with Crippen LogP contribution in [0, 0.1) is 0 Å². The predicted octanol–water partition coefficient (Wildman–Crippen LogP) is 0.339. The summed E-state index contributed by atoms with van der Waals surface area (Å²) in [6.45, 7) is 0.842. The molecule has 0 amide bonds. The summed E-state index contributed by atoms with van der Waals surface area (Å²) in [6, 6.07) is 0. The van der Waals surface area contributed by atoms with Gasteiger partial charge in [0.2, 0.25) is 0 Å². The largest absolute Gasteiger partial charge is 0.448 e. The van der Waals surface area contributed by atoms with Crippen LogP contribution in [0.3, 0.4) is 0 Å². The third-order valence-corrected chi connectivity index (χ3v) is 4.55. The fraction of sp³-hybridized carbons (Fsp3) is 0.700. The van der Waals surface area contributed by atoms with Crippen molar-refractivity contribution in [3.05, 3.63) is 17.8 Å². The van der Waals surface area contributed by atoms with Gasteiger partial charge in [0, 0.05) is 13.0 Å². The molecule has 1 saturated heterocycles. The Hall–Kier alpha value is -0.880. The smallest absolute Gasteiger partial charge is 0.198 e. The lowest BCUT2D eigenvalue weighted by molar-refractivity contribution is 0.460. The lowest BCUT2D eigenvalue weighted by Gasteiger charge is -1.99. The molecule has 1 atom stereocenters. The first kappa shape index (κ1) is 11.6. The van der Waals surface area contributed by atoms with Gasteiger partial charge in [-0.2, -0.15) is 0 Å². The average molecular weight is 244 g/mol. The van der Waals surface area contributed by atoms with Gasteiger partial charge in [-0.25, -0.2) is 13.4 Å². The maximum absolute atomic E-state index is 11.3. The lowest BCUT2D eigenvalue weighted by atomic mass is 10.1. The second kappa shape index (κ2) is 4.55. The van der Waals surface area contributed by atoms with Crippen LogP contribution in [0.5, 0.6) is 0 Å². The van der Waals surface area contributed by atoms with Crippen molar-refractivity contribution in [1.82, 2.24) is 10.3 Å². The van der Waals surface area contributed by atoms with Gasteiger partial charge in [-0.1, -0.05) is 0 Å². The van der Waals surface area contributed by atoms with Crippen LogP contribution in [0.2, 0.25) is 0 Å². The monoisotopic (exact) mass is 244 g/mol. The zero-order valence-electron chi connectivity index (χ0n) is 9.27. The third kappa shape index (κ3) is 2.62. The van der Waals surface area contributed by atoms with E-state index < -0.39 is 9.84 Å². The molecule has 6 heteroatoms. The molecule has 5 nitrogen and oxygen atoms in total. The molecule has 16 heavy (non-hydrogen) atoms. The topological polar surface area (TPSA) is 72.2 Å². The summed E-state index contributed by atoms with van der Waals surface area (Å²) in [5, 5.41) is 3.03. The van der Waals surface area contributed by atoms with Crippen LogP contribution >= 0.6 is 0 Å². The molecule has 1 unspecified atom stereocenters. The van der Waals surface area contributed by atoms with E-state index in [9.17, 15) is 8.42 Å². The first-order chi connectivity index (χ1) is 7.61. The van der Waals surface area contributed by atoms with Crippen LogP contribution in [0.1, 0.15) is 23.9 Å². The van der Waals surface area contributed by atoms with Gasteiger partial charge < -0.3 is 9.73 Å². The summed E-state index contributed by atoms with van der Waals surface area (Å²) in [6.07, 6.45) is 3.06. The second-order valence-corrected chi connectivity index (χ2v) is 6.36. The van der Waals surface area contributed by atoms with Crippen LogP contribution in [0.4, 0.5) is 0 Å². The minimum absolute atomic E-state index is 0.0478. The summed E-state index contributed by atoms with van der Waals surface area (Å²) in [5.41, 5.74) is 0.883. The first-order valence-electron chi connectivity index (χ1n) is 5.40. The normalized spacial score (nSPS) is 23.7. The van der Waals surface area contributed by atoms with E-state index in [1.165, 1.54) is 0 Å². The SMILES string of the molecule is CNCCc1coc(C2CCS(=O)(=O)C2)n1. The lowest BCUT2D eigenvalue weighted by Crippen LogP contribution is -2.10. The van der Waals surface area contributed by atoms with Gasteiger partial charge in [-0.15, -0.1) is 0 Å². The Labute approximate surface area is 95.2 Å². The number of rotatable bonds is 4. The molecule has 0 aliphatic carbocycles. The Morgan fingerprint density at radius 2 is 2.44 bits per heavy atom. The molecular weight excluding hydrogens is 228 g/mol. The summed E-state index contributed by atoms with van der Waals surface area (Å²) in [7, 11) is -0.984. The fourth-order valence-corrected chi connectivity index (χ4v) is 3.60. The molecule has 1 N–H and O–H groups in total. The van der Waals surface area contributed by atoms with Crippen LogP contribution in [-0.2, 0) is 16.3 Å². The number of sulfone groups is 1. The summed E-state index contributed by atoms with van der Waals surface area (Å²) >= 11 is 0. The molecule has 1 aromatic rings. The van der Waals surface area contributed by atoms with Gasteiger partial charge in [-0.05, 0) is 13.5 Å². The van der Waals surface area contributed by atoms with Gasteiger partial charge in [0.1, 0.15) is 6.26 Å². The molecule has 1 aliphatic heterocycles. The van der Waals surface area contributed by atoms with Crippen molar-refractivity contribution in [2.75, 3.05) is 25.1 Å². The second-order valence-electron chi connectivity index (χ2n) is 4.13. The summed E-state index contributed by atoms with van der Waals surface area (Å²) < 4.78 is 28.0. The van der Waals surface area contributed by atoms with Crippen molar-refractivity contribution < 1.29 is 12.8 Å². The molecular formula is C10H16N2O3S. The molecule has 0 bridgehead atoms. The fourth-order valence-electron chi connectivity index (χ4n) is 1.87. The molecule has 1 aromatic heterocycles. The van der Waals surface area contributed by atoms with Gasteiger partial charge in [0.15, 0.2) is 15.7 Å². The van der Waals surface area contributed by atoms with E-state index in [2.05, 4.69) is 10.3 Å². The average Bonchev–Trinajstić information content (AvgIpc) is 2.81. The maximum atomic E-state index is 11.3. The van der Waals surface area contributed by atoms with Crippen molar-refractivity contribution in [3.8, 4) is 0 Å². The maximum Gasteiger partial charge on any atom is 0.198 e. The van der Waals surface area contributed by atoms with E-state index in [-0.39, 0.29) is 17.4 Å². The number of hydrogen-bond donors (Lipinski definition) is 1. The summed E-state index contributed by atoms with van der Waals surface area (Å²) in [4.78, 5) is 4.32. The van der Waals surface area contributed by atoms with Crippen molar-refractivity contribution in [3.63, 3.8) is 0 Å². The highest BCUT2D eigenvalue weighted by molar-refractivity contribution is 7.91. The minimum Gasteiger partial charge on any atom is -0.448 e. The van der Waals surface area contributed by atoms with E-state index in [4.69, 9.17) is 4.42 Å². The van der Waals surface area contributed by atoms with Crippen molar-refractivity contribution in [2.45, 2.75) is 18.8 Å². The highest BCUT2D eigenvalue weighted by Gasteiger charge is 2.32. The van der Waals surface area contributed by atoms with E-state index in [1.54, 1.807) is 6.26 Å². The van der Waals surface area contributed by atoms with Crippen molar-refractivity contribution in [1.29, 1.82) is 0 Å². The van der Waals surface area contributed by atoms with Crippen molar-refractivity contribution in [2.24, 2.45) is 0 Å².